The van der Waals surface area contributed by atoms with Crippen molar-refractivity contribution in [3.05, 3.63) is 87.9 Å². The fourth-order valence-corrected chi connectivity index (χ4v) is 3.75. The molecule has 0 aliphatic heterocycles. The lowest BCUT2D eigenvalue weighted by Crippen LogP contribution is -2.33. The maximum Gasteiger partial charge on any atom is 0.257 e. The zero-order valence-corrected chi connectivity index (χ0v) is 22.5. The van der Waals surface area contributed by atoms with Crippen LogP contribution in [0, 0.1) is 17.8 Å². The van der Waals surface area contributed by atoms with Crippen molar-refractivity contribution < 1.29 is 14.3 Å². The highest BCUT2D eigenvalue weighted by molar-refractivity contribution is 6.31. The lowest BCUT2D eigenvalue weighted by molar-refractivity contribution is 0.102. The molecule has 3 rings (SSSR count). The van der Waals surface area contributed by atoms with Gasteiger partial charge in [0.2, 0.25) is 0 Å². The molecule has 0 heterocycles. The van der Waals surface area contributed by atoms with Crippen molar-refractivity contribution in [3.8, 4) is 18.1 Å². The number of rotatable bonds is 9. The Balaban J connectivity index is 1.81. The number of likely N-dealkylation sites (N-methyl/N-ethyl adjacent to an activating group) is 2. The van der Waals surface area contributed by atoms with Gasteiger partial charge in [0, 0.05) is 53.6 Å². The van der Waals surface area contributed by atoms with Gasteiger partial charge in [0.25, 0.3) is 11.8 Å². The average molecular weight is 532 g/mol. The van der Waals surface area contributed by atoms with Gasteiger partial charge in [0.1, 0.15) is 11.6 Å². The van der Waals surface area contributed by atoms with Crippen molar-refractivity contribution in [3.63, 3.8) is 0 Å². The fraction of sp³-hybridized carbons (Fsp3) is 0.207. The highest BCUT2D eigenvalue weighted by Gasteiger charge is 2.21. The molecule has 0 aromatic heterocycles. The molecule has 3 aromatic rings. The molecule has 8 nitrogen and oxygen atoms in total. The summed E-state index contributed by atoms with van der Waals surface area (Å²) in [5.41, 5.74) is 2.55. The lowest BCUT2D eigenvalue weighted by Gasteiger charge is -2.22. The van der Waals surface area contributed by atoms with Crippen molar-refractivity contribution in [2.45, 2.75) is 0 Å². The summed E-state index contributed by atoms with van der Waals surface area (Å²) in [7, 11) is 7.24. The van der Waals surface area contributed by atoms with E-state index in [1.54, 1.807) is 48.5 Å². The number of amidine groups is 1. The molecule has 0 bridgehead atoms. The quantitative estimate of drug-likeness (QED) is 0.212. The number of halogens is 1. The minimum Gasteiger partial charge on any atom is -0.494 e. The van der Waals surface area contributed by atoms with Gasteiger partial charge in [0.15, 0.2) is 0 Å². The summed E-state index contributed by atoms with van der Waals surface area (Å²) in [5, 5.41) is 14.3. The van der Waals surface area contributed by atoms with Crippen LogP contribution in [0.25, 0.3) is 0 Å². The fourth-order valence-electron chi connectivity index (χ4n) is 3.55. The van der Waals surface area contributed by atoms with E-state index in [-0.39, 0.29) is 22.0 Å². The average Bonchev–Trinajstić information content (AvgIpc) is 2.92. The van der Waals surface area contributed by atoms with Crippen LogP contribution in [0.2, 0.25) is 5.02 Å². The first-order chi connectivity index (χ1) is 18.1. The van der Waals surface area contributed by atoms with Gasteiger partial charge in [-0.05, 0) is 56.6 Å². The largest absolute Gasteiger partial charge is 0.494 e. The van der Waals surface area contributed by atoms with Crippen LogP contribution in [0.15, 0.2) is 60.7 Å². The van der Waals surface area contributed by atoms with Gasteiger partial charge in [-0.1, -0.05) is 29.7 Å². The number of hydrogen-bond donors (Lipinski definition) is 3. The number of methoxy groups -OCH3 is 1. The molecule has 38 heavy (non-hydrogen) atoms. The number of benzene rings is 3. The second-order valence-electron chi connectivity index (χ2n) is 8.81. The van der Waals surface area contributed by atoms with E-state index >= 15 is 0 Å². The molecule has 3 N–H and O–H groups in total. The molecule has 3 aromatic carbocycles. The van der Waals surface area contributed by atoms with Crippen LogP contribution in [0.3, 0.4) is 0 Å². The minimum absolute atomic E-state index is 0.129. The van der Waals surface area contributed by atoms with E-state index in [0.717, 1.165) is 6.54 Å². The lowest BCUT2D eigenvalue weighted by atomic mass is 10.1. The van der Waals surface area contributed by atoms with E-state index < -0.39 is 11.8 Å². The third-order valence-corrected chi connectivity index (χ3v) is 5.98. The Morgan fingerprint density at radius 1 is 0.947 bits per heavy atom. The molecular weight excluding hydrogens is 502 g/mol. The number of amides is 2. The number of anilines is 2. The Morgan fingerprint density at radius 3 is 2.16 bits per heavy atom. The third-order valence-electron chi connectivity index (χ3n) is 5.76. The number of nitrogens with zero attached hydrogens (tertiary/aromatic N) is 2. The summed E-state index contributed by atoms with van der Waals surface area (Å²) in [5.74, 6) is 2.18. The van der Waals surface area contributed by atoms with Crippen molar-refractivity contribution in [1.82, 2.24) is 9.80 Å². The number of carbonyl (C=O) groups excluding carboxylic acids is 2. The van der Waals surface area contributed by atoms with Crippen molar-refractivity contribution >= 4 is 40.6 Å². The van der Waals surface area contributed by atoms with Gasteiger partial charge in [0.05, 0.1) is 18.4 Å². The van der Waals surface area contributed by atoms with Gasteiger partial charge in [-0.2, -0.15) is 0 Å². The van der Waals surface area contributed by atoms with E-state index in [2.05, 4.69) is 16.6 Å². The van der Waals surface area contributed by atoms with E-state index in [1.807, 2.05) is 30.9 Å². The van der Waals surface area contributed by atoms with E-state index in [1.165, 1.54) is 19.2 Å². The van der Waals surface area contributed by atoms with Crippen LogP contribution in [-0.4, -0.2) is 68.8 Å². The topological polar surface area (TPSA) is 97.8 Å². The second-order valence-corrected chi connectivity index (χ2v) is 9.25. The highest BCUT2D eigenvalue weighted by atomic mass is 35.5. The molecule has 0 unspecified atom stereocenters. The Hall–Kier alpha value is -4.32. The summed E-state index contributed by atoms with van der Waals surface area (Å²) < 4.78 is 5.41. The molecule has 9 heteroatoms. The van der Waals surface area contributed by atoms with Crippen LogP contribution in [0.4, 0.5) is 11.4 Å². The Morgan fingerprint density at radius 2 is 1.58 bits per heavy atom. The molecule has 0 saturated carbocycles. The summed E-state index contributed by atoms with van der Waals surface area (Å²) in [6.07, 6.45) is 5.39. The van der Waals surface area contributed by atoms with Crippen molar-refractivity contribution in [2.24, 2.45) is 0 Å². The zero-order chi connectivity index (χ0) is 27.8. The van der Waals surface area contributed by atoms with Crippen LogP contribution in [-0.2, 0) is 0 Å². The van der Waals surface area contributed by atoms with Crippen molar-refractivity contribution in [2.75, 3.05) is 52.0 Å². The summed E-state index contributed by atoms with van der Waals surface area (Å²) >= 11 is 6.23. The predicted molar refractivity (Wildman–Crippen MR) is 153 cm³/mol. The molecule has 0 saturated heterocycles. The molecule has 0 spiro atoms. The Kier molecular flexibility index (Phi) is 9.49. The smallest absolute Gasteiger partial charge is 0.257 e. The van der Waals surface area contributed by atoms with E-state index in [4.69, 9.17) is 28.2 Å². The normalized spacial score (nSPS) is 10.4. The molecule has 0 radical (unpaired) electrons. The van der Waals surface area contributed by atoms with Gasteiger partial charge < -0.3 is 25.2 Å². The predicted octanol–water partition coefficient (Wildman–Crippen LogP) is 4.65. The van der Waals surface area contributed by atoms with Crippen LogP contribution >= 0.6 is 11.6 Å². The van der Waals surface area contributed by atoms with Gasteiger partial charge in [-0.3, -0.25) is 15.0 Å². The number of hydrogen-bond acceptors (Lipinski definition) is 5. The monoisotopic (exact) mass is 531 g/mol. The second kappa shape index (κ2) is 12.8. The molecule has 0 fully saturated rings. The first-order valence-electron chi connectivity index (χ1n) is 11.7. The Bertz CT molecular complexity index is 1360. The number of nitrogens with one attached hydrogen (secondary N) is 3. The molecular formula is C29H30ClN5O3. The van der Waals surface area contributed by atoms with Crippen LogP contribution < -0.4 is 15.4 Å². The molecule has 2 amide bonds. The summed E-state index contributed by atoms with van der Waals surface area (Å²) in [4.78, 5) is 30.2. The standard InChI is InChI=1S/C29H30ClN5O3/c1-6-19-7-13-23(14-8-19)32-29(37)24-17-22(30)18-25(38-5)26(24)33-28(36)21-11-9-20(10-12-21)27(31)35(4)16-15-34(2)3/h1,7-14,17-18,31H,15-16H2,2-5H3,(H,32,37)(H,33,36). The van der Waals surface area contributed by atoms with Gasteiger partial charge in [-0.25, -0.2) is 0 Å². The SMILES string of the molecule is C#Cc1ccc(NC(=O)c2cc(Cl)cc(OC)c2NC(=O)c2ccc(C(=N)N(C)CCN(C)C)cc2)cc1. The number of ether oxygens (including phenoxy) is 1. The first kappa shape index (κ1) is 28.3. The Labute approximate surface area is 228 Å². The third kappa shape index (κ3) is 7.13. The van der Waals surface area contributed by atoms with Crippen molar-refractivity contribution in [1.29, 1.82) is 5.41 Å². The van der Waals surface area contributed by atoms with Crippen LogP contribution in [0.1, 0.15) is 31.8 Å². The molecule has 0 atom stereocenters. The molecule has 0 aliphatic rings. The van der Waals surface area contributed by atoms with Gasteiger partial charge in [-0.15, -0.1) is 6.42 Å². The first-order valence-corrected chi connectivity index (χ1v) is 12.1. The minimum atomic E-state index is -0.487. The maximum absolute atomic E-state index is 13.2. The number of terminal acetylenes is 1. The number of carbonyl (C=O) groups is 2. The van der Waals surface area contributed by atoms with E-state index in [9.17, 15) is 9.59 Å². The summed E-state index contributed by atoms with van der Waals surface area (Å²) in [6, 6.07) is 16.5. The zero-order valence-electron chi connectivity index (χ0n) is 21.8. The molecule has 196 valence electrons. The van der Waals surface area contributed by atoms with E-state index in [0.29, 0.717) is 34.8 Å². The molecule has 0 aliphatic carbocycles. The summed E-state index contributed by atoms with van der Waals surface area (Å²) in [6.45, 7) is 1.51. The maximum atomic E-state index is 13.2. The highest BCUT2D eigenvalue weighted by Crippen LogP contribution is 2.33. The van der Waals surface area contributed by atoms with Crippen LogP contribution in [0.5, 0.6) is 5.75 Å². The van der Waals surface area contributed by atoms with Gasteiger partial charge >= 0.3 is 0 Å².